The molecule has 0 aromatic heterocycles. The summed E-state index contributed by atoms with van der Waals surface area (Å²) in [7, 11) is 0. The molecule has 0 bridgehead atoms. The van der Waals surface area contributed by atoms with Gasteiger partial charge in [-0.15, -0.1) is 0 Å². The van der Waals surface area contributed by atoms with Gasteiger partial charge in [-0.05, 0) is 77.5 Å². The van der Waals surface area contributed by atoms with Crippen LogP contribution in [0.3, 0.4) is 0 Å². The van der Waals surface area contributed by atoms with Gasteiger partial charge >= 0.3 is 24.1 Å². The standard InChI is InChI=1S/C30H47NO9/c1-10-13-19(5)38-28(36)37-17-18(4)23(24(31)25(32)33)20-14-15-21(39-26(34)29(6,7)11-2)22(16-20)40-27(35)30(8,9)12-3/h14-16,18-19,23-24H,10-13,17,31H2,1-9H3,(H,32,33)/t18?,19?,23?,24-/m0/s1. The zero-order valence-corrected chi connectivity index (χ0v) is 25.4. The fourth-order valence-corrected chi connectivity index (χ4v) is 3.67. The molecule has 0 heterocycles. The minimum Gasteiger partial charge on any atom is -0.480 e. The first-order chi connectivity index (χ1) is 18.5. The van der Waals surface area contributed by atoms with Crippen molar-refractivity contribution in [3.63, 3.8) is 0 Å². The van der Waals surface area contributed by atoms with Crippen LogP contribution in [-0.2, 0) is 23.9 Å². The Morgan fingerprint density at radius 2 is 1.43 bits per heavy atom. The highest BCUT2D eigenvalue weighted by Crippen LogP contribution is 2.38. The molecule has 1 aromatic carbocycles. The van der Waals surface area contributed by atoms with Crippen LogP contribution in [0.5, 0.6) is 11.5 Å². The average Bonchev–Trinajstić information content (AvgIpc) is 2.88. The molecule has 3 N–H and O–H groups in total. The van der Waals surface area contributed by atoms with Gasteiger partial charge in [-0.3, -0.25) is 14.4 Å². The average molecular weight is 566 g/mol. The molecule has 0 spiro atoms. The maximum Gasteiger partial charge on any atom is 0.508 e. The summed E-state index contributed by atoms with van der Waals surface area (Å²) in [4.78, 5) is 49.9. The monoisotopic (exact) mass is 565 g/mol. The Bertz CT molecular complexity index is 1030. The largest absolute Gasteiger partial charge is 0.508 e. The third-order valence-electron chi connectivity index (χ3n) is 7.37. The summed E-state index contributed by atoms with van der Waals surface area (Å²) in [6, 6.07) is 3.10. The normalized spacial score (nSPS) is 14.8. The van der Waals surface area contributed by atoms with Crippen LogP contribution in [0.1, 0.15) is 99.5 Å². The van der Waals surface area contributed by atoms with Gasteiger partial charge in [0.15, 0.2) is 11.5 Å². The van der Waals surface area contributed by atoms with E-state index in [4.69, 9.17) is 24.7 Å². The van der Waals surface area contributed by atoms with Crippen molar-refractivity contribution >= 4 is 24.1 Å². The van der Waals surface area contributed by atoms with Gasteiger partial charge in [0.25, 0.3) is 0 Å². The van der Waals surface area contributed by atoms with E-state index in [2.05, 4.69) is 0 Å². The zero-order chi connectivity index (χ0) is 30.8. The molecule has 0 aliphatic carbocycles. The molecule has 0 fully saturated rings. The number of hydrogen-bond acceptors (Lipinski definition) is 9. The summed E-state index contributed by atoms with van der Waals surface area (Å²) in [5.41, 5.74) is 4.89. The number of carbonyl (C=O) groups excluding carboxylic acids is 3. The Hall–Kier alpha value is -3.14. The number of carboxylic acid groups (broad SMARTS) is 1. The van der Waals surface area contributed by atoms with E-state index < -0.39 is 52.8 Å². The Morgan fingerprint density at radius 3 is 1.90 bits per heavy atom. The zero-order valence-electron chi connectivity index (χ0n) is 25.4. The summed E-state index contributed by atoms with van der Waals surface area (Å²) in [5.74, 6) is -3.75. The Labute approximate surface area is 237 Å². The number of carboxylic acids is 1. The summed E-state index contributed by atoms with van der Waals surface area (Å²) in [5, 5.41) is 9.75. The van der Waals surface area contributed by atoms with E-state index in [-0.39, 0.29) is 24.2 Å². The van der Waals surface area contributed by atoms with Crippen molar-refractivity contribution in [1.29, 1.82) is 0 Å². The first kappa shape index (κ1) is 34.9. The molecule has 0 radical (unpaired) electrons. The summed E-state index contributed by atoms with van der Waals surface area (Å²) in [6.45, 7) is 15.9. The maximum absolute atomic E-state index is 13.0. The SMILES string of the molecule is CCCC(C)OC(=O)OCC(C)C(c1ccc(OC(=O)C(C)(C)CC)c(OC(=O)C(C)(C)CC)c1)[C@H](N)C(=O)O. The van der Waals surface area contributed by atoms with Crippen LogP contribution < -0.4 is 15.2 Å². The number of ether oxygens (including phenoxy) is 4. The fourth-order valence-electron chi connectivity index (χ4n) is 3.67. The van der Waals surface area contributed by atoms with Crippen molar-refractivity contribution in [2.24, 2.45) is 22.5 Å². The van der Waals surface area contributed by atoms with E-state index in [1.54, 1.807) is 47.6 Å². The van der Waals surface area contributed by atoms with E-state index in [1.807, 2.05) is 20.8 Å². The first-order valence-corrected chi connectivity index (χ1v) is 13.9. The van der Waals surface area contributed by atoms with Gasteiger partial charge in [0.05, 0.1) is 17.4 Å². The van der Waals surface area contributed by atoms with Crippen molar-refractivity contribution in [3.05, 3.63) is 23.8 Å². The smallest absolute Gasteiger partial charge is 0.480 e. The van der Waals surface area contributed by atoms with Gasteiger partial charge in [0.2, 0.25) is 0 Å². The van der Waals surface area contributed by atoms with Crippen molar-refractivity contribution < 1.29 is 43.2 Å². The molecular formula is C30H47NO9. The van der Waals surface area contributed by atoms with Crippen LogP contribution in [0.2, 0.25) is 0 Å². The van der Waals surface area contributed by atoms with Crippen molar-refractivity contribution in [1.82, 2.24) is 0 Å². The molecule has 226 valence electrons. The van der Waals surface area contributed by atoms with Crippen LogP contribution in [-0.4, -0.2) is 47.9 Å². The predicted molar refractivity (Wildman–Crippen MR) is 150 cm³/mol. The molecule has 10 heteroatoms. The first-order valence-electron chi connectivity index (χ1n) is 13.9. The van der Waals surface area contributed by atoms with Gasteiger partial charge < -0.3 is 29.8 Å². The van der Waals surface area contributed by atoms with Crippen LogP contribution in [0.15, 0.2) is 18.2 Å². The Balaban J connectivity index is 3.44. The highest BCUT2D eigenvalue weighted by molar-refractivity contribution is 5.81. The molecule has 10 nitrogen and oxygen atoms in total. The minimum absolute atomic E-state index is 0.0237. The number of esters is 2. The molecule has 40 heavy (non-hydrogen) atoms. The predicted octanol–water partition coefficient (Wildman–Crippen LogP) is 5.84. The topological polar surface area (TPSA) is 151 Å². The Morgan fingerprint density at radius 1 is 0.900 bits per heavy atom. The van der Waals surface area contributed by atoms with Crippen molar-refractivity contribution in [3.8, 4) is 11.5 Å². The molecular weight excluding hydrogens is 518 g/mol. The van der Waals surface area contributed by atoms with E-state index in [1.165, 1.54) is 12.1 Å². The lowest BCUT2D eigenvalue weighted by atomic mass is 9.82. The van der Waals surface area contributed by atoms with Crippen LogP contribution >= 0.6 is 0 Å². The second kappa shape index (κ2) is 15.0. The van der Waals surface area contributed by atoms with Crippen molar-refractivity contribution in [2.45, 2.75) is 106 Å². The van der Waals surface area contributed by atoms with E-state index >= 15 is 0 Å². The summed E-state index contributed by atoms with van der Waals surface area (Å²) < 4.78 is 21.8. The molecule has 0 aliphatic heterocycles. The molecule has 0 aliphatic rings. The number of benzene rings is 1. The number of rotatable bonds is 15. The van der Waals surface area contributed by atoms with Crippen LogP contribution in [0, 0.1) is 16.7 Å². The molecule has 3 unspecified atom stereocenters. The quantitative estimate of drug-likeness (QED) is 0.196. The molecule has 4 atom stereocenters. The lowest BCUT2D eigenvalue weighted by molar-refractivity contribution is -0.147. The molecule has 1 rings (SSSR count). The summed E-state index contributed by atoms with van der Waals surface area (Å²) in [6.07, 6.45) is 1.37. The number of aliphatic carboxylic acids is 1. The minimum atomic E-state index is -1.38. The maximum atomic E-state index is 13.0. The Kier molecular flexibility index (Phi) is 13.1. The third-order valence-corrected chi connectivity index (χ3v) is 7.37. The fraction of sp³-hybridized carbons (Fsp3) is 0.667. The summed E-state index contributed by atoms with van der Waals surface area (Å²) >= 11 is 0. The van der Waals surface area contributed by atoms with Gasteiger partial charge in [-0.2, -0.15) is 0 Å². The molecule has 0 saturated heterocycles. The van der Waals surface area contributed by atoms with Crippen LogP contribution in [0.4, 0.5) is 4.79 Å². The van der Waals surface area contributed by atoms with E-state index in [0.29, 0.717) is 24.8 Å². The highest BCUT2D eigenvalue weighted by atomic mass is 16.7. The second-order valence-electron chi connectivity index (χ2n) is 11.6. The van der Waals surface area contributed by atoms with Gasteiger partial charge in [-0.25, -0.2) is 4.79 Å². The van der Waals surface area contributed by atoms with Gasteiger partial charge in [0, 0.05) is 5.92 Å². The molecule has 0 amide bonds. The lowest BCUT2D eigenvalue weighted by Gasteiger charge is -2.29. The van der Waals surface area contributed by atoms with Crippen LogP contribution in [0.25, 0.3) is 0 Å². The number of hydrogen-bond donors (Lipinski definition) is 2. The molecule has 0 saturated carbocycles. The highest BCUT2D eigenvalue weighted by Gasteiger charge is 2.35. The van der Waals surface area contributed by atoms with E-state index in [0.717, 1.165) is 6.42 Å². The second-order valence-corrected chi connectivity index (χ2v) is 11.6. The third kappa shape index (κ3) is 9.80. The van der Waals surface area contributed by atoms with Gasteiger partial charge in [-0.1, -0.05) is 40.2 Å². The number of carbonyl (C=O) groups is 4. The van der Waals surface area contributed by atoms with Crippen molar-refractivity contribution in [2.75, 3.05) is 6.61 Å². The number of nitrogens with two attached hydrogens (primary N) is 1. The van der Waals surface area contributed by atoms with Gasteiger partial charge in [0.1, 0.15) is 12.1 Å². The van der Waals surface area contributed by atoms with E-state index in [9.17, 15) is 24.3 Å². The molecule has 1 aromatic rings. The lowest BCUT2D eigenvalue weighted by Crippen LogP contribution is -2.40.